The number of hydrogen-bond acceptors (Lipinski definition) is 3. The Bertz CT molecular complexity index is 380. The van der Waals surface area contributed by atoms with Crippen LogP contribution in [0.25, 0.3) is 0 Å². The van der Waals surface area contributed by atoms with Crippen LogP contribution in [-0.2, 0) is 16.0 Å². The van der Waals surface area contributed by atoms with E-state index in [1.54, 1.807) is 12.1 Å². The topological polar surface area (TPSA) is 94.8 Å². The van der Waals surface area contributed by atoms with Gasteiger partial charge in [0.1, 0.15) is 5.75 Å². The predicted molar refractivity (Wildman–Crippen MR) is 59.8 cm³/mol. The van der Waals surface area contributed by atoms with E-state index in [-0.39, 0.29) is 18.6 Å². The summed E-state index contributed by atoms with van der Waals surface area (Å²) in [6, 6.07) is 6.31. The van der Waals surface area contributed by atoms with Crippen LogP contribution in [0.15, 0.2) is 24.3 Å². The van der Waals surface area contributed by atoms with Crippen molar-refractivity contribution in [3.63, 3.8) is 0 Å². The van der Waals surface area contributed by atoms with Crippen LogP contribution < -0.4 is 0 Å². The molecular formula is C12H14O5. The van der Waals surface area contributed by atoms with Crippen LogP contribution in [0.4, 0.5) is 0 Å². The van der Waals surface area contributed by atoms with Gasteiger partial charge in [0, 0.05) is 12.8 Å². The summed E-state index contributed by atoms with van der Waals surface area (Å²) in [7, 11) is 0. The molecule has 5 nitrogen and oxygen atoms in total. The molecule has 3 N–H and O–H groups in total. The highest BCUT2D eigenvalue weighted by molar-refractivity contribution is 5.70. The summed E-state index contributed by atoms with van der Waals surface area (Å²) in [5.41, 5.74) is 0.815. The number of phenolic OH excluding ortho intramolecular Hbond substituents is 1. The number of carbonyl (C=O) groups is 2. The first-order valence-corrected chi connectivity index (χ1v) is 5.19. The molecule has 1 rings (SSSR count). The van der Waals surface area contributed by atoms with E-state index in [2.05, 4.69) is 0 Å². The van der Waals surface area contributed by atoms with Crippen LogP contribution in [0.1, 0.15) is 18.4 Å². The van der Waals surface area contributed by atoms with E-state index in [4.69, 9.17) is 15.3 Å². The maximum Gasteiger partial charge on any atom is 0.303 e. The van der Waals surface area contributed by atoms with Crippen molar-refractivity contribution in [2.75, 3.05) is 0 Å². The summed E-state index contributed by atoms with van der Waals surface area (Å²) in [5, 5.41) is 26.5. The molecule has 5 heteroatoms. The highest BCUT2D eigenvalue weighted by Gasteiger charge is 2.17. The first kappa shape index (κ1) is 13.0. The van der Waals surface area contributed by atoms with Gasteiger partial charge in [-0.3, -0.25) is 9.59 Å². The van der Waals surface area contributed by atoms with Crippen LogP contribution in [0.3, 0.4) is 0 Å². The van der Waals surface area contributed by atoms with Crippen LogP contribution in [0, 0.1) is 5.92 Å². The standard InChI is InChI=1S/C12H14O5/c13-10-3-1-8(2-4-10)5-9(6-11(14)15)7-12(16)17/h1-4,9,13H,5-7H2,(H,14,15)(H,16,17). The normalized spacial score (nSPS) is 10.4. The third-order valence-corrected chi connectivity index (χ3v) is 2.39. The van der Waals surface area contributed by atoms with Gasteiger partial charge in [-0.25, -0.2) is 0 Å². The minimum atomic E-state index is -1.00. The largest absolute Gasteiger partial charge is 0.508 e. The molecular weight excluding hydrogens is 224 g/mol. The minimum Gasteiger partial charge on any atom is -0.508 e. The second kappa shape index (κ2) is 5.89. The summed E-state index contributed by atoms with van der Waals surface area (Å²) in [5.74, 6) is -2.32. The second-order valence-corrected chi connectivity index (χ2v) is 3.93. The maximum absolute atomic E-state index is 10.6. The molecule has 0 bridgehead atoms. The highest BCUT2D eigenvalue weighted by atomic mass is 16.4. The third kappa shape index (κ3) is 5.01. The number of carboxylic acid groups (broad SMARTS) is 2. The Hall–Kier alpha value is -2.04. The zero-order chi connectivity index (χ0) is 12.8. The molecule has 0 saturated carbocycles. The van der Waals surface area contributed by atoms with Gasteiger partial charge in [-0.15, -0.1) is 0 Å². The Kier molecular flexibility index (Phi) is 4.51. The van der Waals surface area contributed by atoms with E-state index < -0.39 is 17.9 Å². The van der Waals surface area contributed by atoms with Gasteiger partial charge in [-0.1, -0.05) is 12.1 Å². The third-order valence-electron chi connectivity index (χ3n) is 2.39. The molecule has 0 atom stereocenters. The summed E-state index contributed by atoms with van der Waals surface area (Å²) in [6.45, 7) is 0. The predicted octanol–water partition coefficient (Wildman–Crippen LogP) is 1.50. The molecule has 0 radical (unpaired) electrons. The maximum atomic E-state index is 10.6. The molecule has 0 amide bonds. The van der Waals surface area contributed by atoms with Gasteiger partial charge in [0.15, 0.2) is 0 Å². The number of benzene rings is 1. The fraction of sp³-hybridized carbons (Fsp3) is 0.333. The number of phenols is 1. The number of aliphatic carboxylic acids is 2. The van der Waals surface area contributed by atoms with Crippen molar-refractivity contribution in [3.8, 4) is 5.75 Å². The lowest BCUT2D eigenvalue weighted by Crippen LogP contribution is -2.15. The van der Waals surface area contributed by atoms with Crippen molar-refractivity contribution in [2.45, 2.75) is 19.3 Å². The van der Waals surface area contributed by atoms with Gasteiger partial charge in [0.2, 0.25) is 0 Å². The minimum absolute atomic E-state index is 0.127. The summed E-state index contributed by atoms with van der Waals surface area (Å²) >= 11 is 0. The lowest BCUT2D eigenvalue weighted by Gasteiger charge is -2.12. The molecule has 0 aliphatic rings. The van der Waals surface area contributed by atoms with E-state index in [0.29, 0.717) is 6.42 Å². The van der Waals surface area contributed by atoms with Crippen LogP contribution >= 0.6 is 0 Å². The average molecular weight is 238 g/mol. The molecule has 0 aliphatic carbocycles. The monoisotopic (exact) mass is 238 g/mol. The Balaban J connectivity index is 2.67. The average Bonchev–Trinajstić information content (AvgIpc) is 2.19. The molecule has 1 aromatic carbocycles. The zero-order valence-electron chi connectivity index (χ0n) is 9.17. The van der Waals surface area contributed by atoms with Crippen LogP contribution in [0.2, 0.25) is 0 Å². The van der Waals surface area contributed by atoms with Gasteiger partial charge in [0.05, 0.1) is 0 Å². The molecule has 92 valence electrons. The highest BCUT2D eigenvalue weighted by Crippen LogP contribution is 2.18. The summed E-state index contributed by atoms with van der Waals surface area (Å²) < 4.78 is 0. The fourth-order valence-electron chi connectivity index (χ4n) is 1.68. The van der Waals surface area contributed by atoms with Crippen molar-refractivity contribution in [2.24, 2.45) is 5.92 Å². The van der Waals surface area contributed by atoms with Crippen molar-refractivity contribution < 1.29 is 24.9 Å². The van der Waals surface area contributed by atoms with Gasteiger partial charge in [-0.2, -0.15) is 0 Å². The Morgan fingerprint density at radius 2 is 1.47 bits per heavy atom. The molecule has 0 spiro atoms. The molecule has 17 heavy (non-hydrogen) atoms. The second-order valence-electron chi connectivity index (χ2n) is 3.93. The lowest BCUT2D eigenvalue weighted by atomic mass is 9.93. The number of carboxylic acids is 2. The Morgan fingerprint density at radius 1 is 1.00 bits per heavy atom. The van der Waals surface area contributed by atoms with Crippen molar-refractivity contribution in [1.82, 2.24) is 0 Å². The van der Waals surface area contributed by atoms with Gasteiger partial charge in [-0.05, 0) is 30.0 Å². The van der Waals surface area contributed by atoms with Crippen LogP contribution in [-0.4, -0.2) is 27.3 Å². The molecule has 0 aliphatic heterocycles. The molecule has 0 aromatic heterocycles. The SMILES string of the molecule is O=C(O)CC(CC(=O)O)Cc1ccc(O)cc1. The molecule has 0 unspecified atom stereocenters. The van der Waals surface area contributed by atoms with E-state index in [9.17, 15) is 9.59 Å². The summed E-state index contributed by atoms with van der Waals surface area (Å²) in [6.07, 6.45) is 0.0270. The number of rotatable bonds is 6. The van der Waals surface area contributed by atoms with E-state index in [0.717, 1.165) is 5.56 Å². The Labute approximate surface area is 98.3 Å². The van der Waals surface area contributed by atoms with Crippen molar-refractivity contribution in [3.05, 3.63) is 29.8 Å². The molecule has 0 saturated heterocycles. The number of aromatic hydroxyl groups is 1. The zero-order valence-corrected chi connectivity index (χ0v) is 9.17. The molecule has 0 fully saturated rings. The smallest absolute Gasteiger partial charge is 0.303 e. The van der Waals surface area contributed by atoms with Gasteiger partial charge < -0.3 is 15.3 Å². The van der Waals surface area contributed by atoms with Gasteiger partial charge >= 0.3 is 11.9 Å². The van der Waals surface area contributed by atoms with Crippen molar-refractivity contribution >= 4 is 11.9 Å². The number of hydrogen-bond donors (Lipinski definition) is 3. The van der Waals surface area contributed by atoms with E-state index in [1.165, 1.54) is 12.1 Å². The van der Waals surface area contributed by atoms with Crippen molar-refractivity contribution in [1.29, 1.82) is 0 Å². The first-order chi connectivity index (χ1) is 7.97. The van der Waals surface area contributed by atoms with Gasteiger partial charge in [0.25, 0.3) is 0 Å². The summed E-state index contributed by atoms with van der Waals surface area (Å²) in [4.78, 5) is 21.2. The molecule has 1 aromatic rings. The lowest BCUT2D eigenvalue weighted by molar-refractivity contribution is -0.140. The van der Waals surface area contributed by atoms with Crippen LogP contribution in [0.5, 0.6) is 5.75 Å². The fourth-order valence-corrected chi connectivity index (χ4v) is 1.68. The quantitative estimate of drug-likeness (QED) is 0.698. The van der Waals surface area contributed by atoms with E-state index in [1.807, 2.05) is 0 Å². The van der Waals surface area contributed by atoms with E-state index >= 15 is 0 Å². The Morgan fingerprint density at radius 3 is 1.88 bits per heavy atom. The molecule has 0 heterocycles. The first-order valence-electron chi connectivity index (χ1n) is 5.19.